The molecule has 0 unspecified atom stereocenters. The van der Waals surface area contributed by atoms with E-state index in [0.717, 1.165) is 37.6 Å². The summed E-state index contributed by atoms with van der Waals surface area (Å²) in [4.78, 5) is 2.45. The maximum Gasteiger partial charge on any atom is 0.146 e. The molecule has 0 radical (unpaired) electrons. The third kappa shape index (κ3) is 1.27. The number of rotatable bonds is 1. The molecule has 1 aromatic rings. The van der Waals surface area contributed by atoms with Gasteiger partial charge in [0.05, 0.1) is 19.3 Å². The van der Waals surface area contributed by atoms with Gasteiger partial charge in [0.25, 0.3) is 0 Å². The van der Waals surface area contributed by atoms with E-state index in [9.17, 15) is 0 Å². The summed E-state index contributed by atoms with van der Waals surface area (Å²) in [6.07, 6.45) is 2.38. The van der Waals surface area contributed by atoms with Crippen LogP contribution in [-0.4, -0.2) is 26.8 Å². The van der Waals surface area contributed by atoms with Crippen LogP contribution in [0.1, 0.15) is 17.5 Å². The first-order chi connectivity index (χ1) is 7.81. The van der Waals surface area contributed by atoms with Crippen LogP contribution in [0.2, 0.25) is 0 Å². The van der Waals surface area contributed by atoms with Gasteiger partial charge >= 0.3 is 0 Å². The summed E-state index contributed by atoms with van der Waals surface area (Å²) in [5.41, 5.74) is 4.01. The number of ether oxygens (including phenoxy) is 2. The van der Waals surface area contributed by atoms with Gasteiger partial charge in [-0.15, -0.1) is 0 Å². The molecule has 0 aromatic heterocycles. The molecule has 3 heteroatoms. The second kappa shape index (κ2) is 3.58. The third-order valence-corrected chi connectivity index (χ3v) is 3.61. The van der Waals surface area contributed by atoms with Crippen molar-refractivity contribution in [2.24, 2.45) is 0 Å². The van der Waals surface area contributed by atoms with E-state index in [1.807, 2.05) is 6.07 Å². The van der Waals surface area contributed by atoms with Crippen molar-refractivity contribution in [1.29, 1.82) is 0 Å². The van der Waals surface area contributed by atoms with Crippen LogP contribution in [0, 0.1) is 6.92 Å². The summed E-state index contributed by atoms with van der Waals surface area (Å²) >= 11 is 0. The zero-order valence-corrected chi connectivity index (χ0v) is 9.88. The summed E-state index contributed by atoms with van der Waals surface area (Å²) in [5, 5.41) is 0. The monoisotopic (exact) mass is 219 g/mol. The predicted molar refractivity (Wildman–Crippen MR) is 63.8 cm³/mol. The average molecular weight is 219 g/mol. The highest BCUT2D eigenvalue weighted by Crippen LogP contribution is 2.44. The first kappa shape index (κ1) is 9.82. The van der Waals surface area contributed by atoms with Crippen molar-refractivity contribution in [1.82, 2.24) is 0 Å². The maximum atomic E-state index is 5.75. The Balaban J connectivity index is 2.22. The number of benzene rings is 1. The minimum atomic E-state index is 0.790. The van der Waals surface area contributed by atoms with E-state index in [2.05, 4.69) is 11.8 Å². The zero-order valence-electron chi connectivity index (χ0n) is 9.88. The first-order valence-electron chi connectivity index (χ1n) is 5.89. The van der Waals surface area contributed by atoms with Crippen LogP contribution in [0.25, 0.3) is 0 Å². The van der Waals surface area contributed by atoms with E-state index in [4.69, 9.17) is 9.47 Å². The van der Waals surface area contributed by atoms with Gasteiger partial charge in [0, 0.05) is 12.6 Å². The fourth-order valence-electron chi connectivity index (χ4n) is 2.79. The normalized spacial score (nSPS) is 17.8. The Kier molecular flexibility index (Phi) is 2.20. The highest BCUT2D eigenvalue weighted by atomic mass is 16.5. The fourth-order valence-corrected chi connectivity index (χ4v) is 2.79. The number of hydrogen-bond donors (Lipinski definition) is 0. The van der Waals surface area contributed by atoms with Gasteiger partial charge in [0.1, 0.15) is 18.1 Å². The standard InChI is InChI=1S/C13H17NO2/c1-9-10-4-3-5-14-6-7-16-12(13(10)14)8-11(9)15-2/h8H,3-7H2,1-2H3. The van der Waals surface area contributed by atoms with Crippen LogP contribution in [0.4, 0.5) is 5.69 Å². The molecule has 0 aliphatic carbocycles. The second-order valence-electron chi connectivity index (χ2n) is 4.47. The fraction of sp³-hybridized carbons (Fsp3) is 0.538. The van der Waals surface area contributed by atoms with Crippen molar-refractivity contribution in [2.75, 3.05) is 31.7 Å². The summed E-state index contributed by atoms with van der Waals surface area (Å²) in [5.74, 6) is 1.96. The third-order valence-electron chi connectivity index (χ3n) is 3.61. The van der Waals surface area contributed by atoms with Crippen LogP contribution in [-0.2, 0) is 6.42 Å². The zero-order chi connectivity index (χ0) is 11.1. The van der Waals surface area contributed by atoms with Crippen LogP contribution in [0.15, 0.2) is 6.07 Å². The summed E-state index contributed by atoms with van der Waals surface area (Å²) in [6.45, 7) is 5.12. The maximum absolute atomic E-state index is 5.75. The molecule has 0 atom stereocenters. The molecule has 0 spiro atoms. The minimum absolute atomic E-state index is 0.790. The van der Waals surface area contributed by atoms with E-state index < -0.39 is 0 Å². The molecule has 3 nitrogen and oxygen atoms in total. The Morgan fingerprint density at radius 3 is 3.06 bits per heavy atom. The van der Waals surface area contributed by atoms with E-state index in [-0.39, 0.29) is 0 Å². The van der Waals surface area contributed by atoms with Crippen molar-refractivity contribution < 1.29 is 9.47 Å². The molecule has 2 aliphatic heterocycles. The van der Waals surface area contributed by atoms with Crippen molar-refractivity contribution in [3.8, 4) is 11.5 Å². The van der Waals surface area contributed by atoms with Gasteiger partial charge < -0.3 is 14.4 Å². The van der Waals surface area contributed by atoms with Gasteiger partial charge in [0.2, 0.25) is 0 Å². The molecule has 2 aliphatic rings. The van der Waals surface area contributed by atoms with E-state index in [0.29, 0.717) is 0 Å². The number of anilines is 1. The van der Waals surface area contributed by atoms with Crippen molar-refractivity contribution in [3.63, 3.8) is 0 Å². The SMILES string of the molecule is COc1cc2c3c(c1C)CCCN3CCO2. The molecule has 0 saturated carbocycles. The van der Waals surface area contributed by atoms with Crippen molar-refractivity contribution >= 4 is 5.69 Å². The van der Waals surface area contributed by atoms with Crippen LogP contribution >= 0.6 is 0 Å². The van der Waals surface area contributed by atoms with E-state index >= 15 is 0 Å². The van der Waals surface area contributed by atoms with Crippen LogP contribution < -0.4 is 14.4 Å². The molecule has 86 valence electrons. The number of hydrogen-bond acceptors (Lipinski definition) is 3. The van der Waals surface area contributed by atoms with Gasteiger partial charge in [-0.3, -0.25) is 0 Å². The lowest BCUT2D eigenvalue weighted by Crippen LogP contribution is -2.37. The first-order valence-corrected chi connectivity index (χ1v) is 5.89. The quantitative estimate of drug-likeness (QED) is 0.722. The molecule has 16 heavy (non-hydrogen) atoms. The lowest BCUT2D eigenvalue weighted by atomic mass is 9.95. The molecule has 2 heterocycles. The molecule has 0 saturated heterocycles. The minimum Gasteiger partial charge on any atom is -0.496 e. The Morgan fingerprint density at radius 1 is 1.38 bits per heavy atom. The molecule has 0 fully saturated rings. The van der Waals surface area contributed by atoms with E-state index in [1.54, 1.807) is 7.11 Å². The number of methoxy groups -OCH3 is 1. The van der Waals surface area contributed by atoms with Gasteiger partial charge in [0.15, 0.2) is 0 Å². The Morgan fingerprint density at radius 2 is 2.25 bits per heavy atom. The topological polar surface area (TPSA) is 21.7 Å². The highest BCUT2D eigenvalue weighted by Gasteiger charge is 2.27. The molecule has 0 N–H and O–H groups in total. The molecule has 3 rings (SSSR count). The summed E-state index contributed by atoms with van der Waals surface area (Å²) in [7, 11) is 1.73. The smallest absolute Gasteiger partial charge is 0.146 e. The summed E-state index contributed by atoms with van der Waals surface area (Å²) in [6, 6.07) is 2.03. The number of nitrogens with zero attached hydrogens (tertiary/aromatic N) is 1. The molecular formula is C13H17NO2. The lowest BCUT2D eigenvalue weighted by molar-refractivity contribution is 0.301. The van der Waals surface area contributed by atoms with Crippen molar-refractivity contribution in [2.45, 2.75) is 19.8 Å². The van der Waals surface area contributed by atoms with Crippen LogP contribution in [0.3, 0.4) is 0 Å². The van der Waals surface area contributed by atoms with Gasteiger partial charge in [-0.05, 0) is 30.9 Å². The summed E-state index contributed by atoms with van der Waals surface area (Å²) < 4.78 is 11.2. The van der Waals surface area contributed by atoms with Gasteiger partial charge in [-0.2, -0.15) is 0 Å². The molecule has 0 bridgehead atoms. The van der Waals surface area contributed by atoms with Gasteiger partial charge in [-0.25, -0.2) is 0 Å². The molecule has 1 aromatic carbocycles. The Bertz CT molecular complexity index is 426. The van der Waals surface area contributed by atoms with Crippen LogP contribution in [0.5, 0.6) is 11.5 Å². The average Bonchev–Trinajstić information content (AvgIpc) is 2.33. The Hall–Kier alpha value is -1.38. The lowest BCUT2D eigenvalue weighted by Gasteiger charge is -2.37. The molecule has 0 amide bonds. The largest absolute Gasteiger partial charge is 0.496 e. The predicted octanol–water partition coefficient (Wildman–Crippen LogP) is 2.15. The Labute approximate surface area is 96.0 Å². The van der Waals surface area contributed by atoms with Crippen molar-refractivity contribution in [3.05, 3.63) is 17.2 Å². The second-order valence-corrected chi connectivity index (χ2v) is 4.47. The van der Waals surface area contributed by atoms with E-state index in [1.165, 1.54) is 23.2 Å². The van der Waals surface area contributed by atoms with Gasteiger partial charge in [-0.1, -0.05) is 0 Å². The molecular weight excluding hydrogens is 202 g/mol. The highest BCUT2D eigenvalue weighted by molar-refractivity contribution is 5.71.